The number of piperidine rings is 1. The van der Waals surface area contributed by atoms with Crippen LogP contribution in [0.25, 0.3) is 0 Å². The molecule has 1 aliphatic heterocycles. The summed E-state index contributed by atoms with van der Waals surface area (Å²) in [7, 11) is 0. The van der Waals surface area contributed by atoms with Gasteiger partial charge < -0.3 is 15.0 Å². The lowest BCUT2D eigenvalue weighted by molar-refractivity contribution is -0.389. The highest BCUT2D eigenvalue weighted by atomic mass is 16.6. The first-order valence-corrected chi connectivity index (χ1v) is 5.53. The second-order valence-electron chi connectivity index (χ2n) is 4.05. The first-order valence-electron chi connectivity index (χ1n) is 5.53. The first-order chi connectivity index (χ1) is 8.56. The van der Waals surface area contributed by atoms with Crippen molar-refractivity contribution in [2.24, 2.45) is 0 Å². The van der Waals surface area contributed by atoms with E-state index in [1.165, 1.54) is 16.9 Å². The third-order valence-electron chi connectivity index (χ3n) is 2.78. The summed E-state index contributed by atoms with van der Waals surface area (Å²) < 4.78 is 1.23. The Balaban J connectivity index is 1.94. The Morgan fingerprint density at radius 3 is 2.67 bits per heavy atom. The molecule has 18 heavy (non-hydrogen) atoms. The Morgan fingerprint density at radius 1 is 1.44 bits per heavy atom. The molecule has 1 aliphatic rings. The number of hydrogen-bond acceptors (Lipinski definition) is 5. The van der Waals surface area contributed by atoms with Crippen LogP contribution in [-0.4, -0.2) is 44.4 Å². The predicted octanol–water partition coefficient (Wildman–Crippen LogP) is -0.0172. The summed E-state index contributed by atoms with van der Waals surface area (Å²) in [6, 6.07) is 1.24. The van der Waals surface area contributed by atoms with Crippen LogP contribution in [0.15, 0.2) is 12.3 Å². The van der Waals surface area contributed by atoms with Gasteiger partial charge in [0.2, 0.25) is 5.91 Å². The summed E-state index contributed by atoms with van der Waals surface area (Å²) in [5, 5.41) is 14.1. The summed E-state index contributed by atoms with van der Waals surface area (Å²) in [5.41, 5.74) is 0. The number of ketones is 1. The van der Waals surface area contributed by atoms with Gasteiger partial charge in [-0.25, -0.2) is 0 Å². The van der Waals surface area contributed by atoms with Crippen molar-refractivity contribution in [3.63, 3.8) is 0 Å². The summed E-state index contributed by atoms with van der Waals surface area (Å²) >= 11 is 0. The molecule has 8 heteroatoms. The van der Waals surface area contributed by atoms with E-state index in [1.807, 2.05) is 0 Å². The zero-order valence-electron chi connectivity index (χ0n) is 9.61. The van der Waals surface area contributed by atoms with Crippen molar-refractivity contribution in [3.05, 3.63) is 22.4 Å². The molecular weight excluding hydrogens is 240 g/mol. The van der Waals surface area contributed by atoms with E-state index < -0.39 is 4.92 Å². The molecule has 2 rings (SSSR count). The normalized spacial score (nSPS) is 15.8. The molecule has 1 saturated heterocycles. The molecule has 1 amide bonds. The highest BCUT2D eigenvalue weighted by Gasteiger charge is 2.22. The monoisotopic (exact) mass is 252 g/mol. The minimum Gasteiger partial charge on any atom is -0.358 e. The summed E-state index contributed by atoms with van der Waals surface area (Å²) in [6.07, 6.45) is 2.15. The van der Waals surface area contributed by atoms with E-state index in [1.54, 1.807) is 4.90 Å². The average Bonchev–Trinajstić information content (AvgIpc) is 2.78. The van der Waals surface area contributed by atoms with Crippen LogP contribution in [0.5, 0.6) is 0 Å². The van der Waals surface area contributed by atoms with Gasteiger partial charge in [-0.05, 0) is 4.92 Å². The molecule has 0 saturated carbocycles. The van der Waals surface area contributed by atoms with Crippen molar-refractivity contribution in [3.8, 4) is 0 Å². The van der Waals surface area contributed by atoms with Gasteiger partial charge in [0, 0.05) is 25.9 Å². The number of rotatable bonds is 3. The molecule has 96 valence electrons. The summed E-state index contributed by atoms with van der Waals surface area (Å²) in [4.78, 5) is 34.3. The van der Waals surface area contributed by atoms with E-state index in [9.17, 15) is 19.7 Å². The van der Waals surface area contributed by atoms with Crippen molar-refractivity contribution in [1.82, 2.24) is 14.7 Å². The molecule has 1 aromatic rings. The molecule has 1 aromatic heterocycles. The molecule has 0 aliphatic carbocycles. The summed E-state index contributed by atoms with van der Waals surface area (Å²) in [6.45, 7) is 0.796. The second-order valence-corrected chi connectivity index (χ2v) is 4.05. The van der Waals surface area contributed by atoms with Crippen molar-refractivity contribution in [1.29, 1.82) is 0 Å². The minimum atomic E-state index is -0.611. The third kappa shape index (κ3) is 2.70. The Labute approximate surface area is 102 Å². The van der Waals surface area contributed by atoms with E-state index >= 15 is 0 Å². The fraction of sp³-hybridized carbons (Fsp3) is 0.500. The van der Waals surface area contributed by atoms with Crippen molar-refractivity contribution in [2.75, 3.05) is 13.1 Å². The molecule has 0 unspecified atom stereocenters. The lowest BCUT2D eigenvalue weighted by Crippen LogP contribution is -2.40. The lowest BCUT2D eigenvalue weighted by atomic mass is 10.1. The SMILES string of the molecule is O=C1CCN(C(=O)Cn2ccc([N+](=O)[O-])n2)CC1. The third-order valence-corrected chi connectivity index (χ3v) is 2.78. The van der Waals surface area contributed by atoms with Crippen LogP contribution < -0.4 is 0 Å². The van der Waals surface area contributed by atoms with Crippen molar-refractivity contribution < 1.29 is 14.5 Å². The zero-order chi connectivity index (χ0) is 13.1. The smallest absolute Gasteiger partial charge is 0.358 e. The second kappa shape index (κ2) is 4.94. The molecule has 0 spiro atoms. The largest absolute Gasteiger partial charge is 0.389 e. The van der Waals surface area contributed by atoms with Crippen LogP contribution in [-0.2, 0) is 16.1 Å². The Kier molecular flexibility index (Phi) is 3.35. The fourth-order valence-electron chi connectivity index (χ4n) is 1.78. The van der Waals surface area contributed by atoms with Crippen molar-refractivity contribution >= 4 is 17.5 Å². The van der Waals surface area contributed by atoms with Crippen LogP contribution in [0.1, 0.15) is 12.8 Å². The van der Waals surface area contributed by atoms with Crippen LogP contribution >= 0.6 is 0 Å². The molecule has 0 atom stereocenters. The van der Waals surface area contributed by atoms with E-state index in [0.717, 1.165) is 0 Å². The van der Waals surface area contributed by atoms with Gasteiger partial charge in [0.15, 0.2) is 0 Å². The Hall–Kier alpha value is -2.25. The standard InChI is InChI=1S/C10H12N4O4/c15-8-1-4-12(5-2-8)10(16)7-13-6-3-9(11-13)14(17)18/h3,6H,1-2,4-5,7H2. The number of carbonyl (C=O) groups is 2. The Bertz CT molecular complexity index is 486. The maximum Gasteiger partial charge on any atom is 0.389 e. The predicted molar refractivity (Wildman–Crippen MR) is 59.7 cm³/mol. The van der Waals surface area contributed by atoms with Gasteiger partial charge in [0.1, 0.15) is 12.3 Å². The van der Waals surface area contributed by atoms with Gasteiger partial charge in [-0.3, -0.25) is 9.59 Å². The van der Waals surface area contributed by atoms with Gasteiger partial charge in [-0.15, -0.1) is 0 Å². The van der Waals surface area contributed by atoms with Crippen LogP contribution in [0.2, 0.25) is 0 Å². The quantitative estimate of drug-likeness (QED) is 0.556. The van der Waals surface area contributed by atoms with E-state index in [4.69, 9.17) is 0 Å². The van der Waals surface area contributed by atoms with Crippen LogP contribution in [0.3, 0.4) is 0 Å². The molecule has 0 bridgehead atoms. The number of hydrogen-bond donors (Lipinski definition) is 0. The zero-order valence-corrected chi connectivity index (χ0v) is 9.61. The molecule has 1 fully saturated rings. The van der Waals surface area contributed by atoms with Gasteiger partial charge >= 0.3 is 5.82 Å². The average molecular weight is 252 g/mol. The number of nitrogens with zero attached hydrogens (tertiary/aromatic N) is 4. The van der Waals surface area contributed by atoms with Gasteiger partial charge in [0.25, 0.3) is 0 Å². The number of carbonyl (C=O) groups excluding carboxylic acids is 2. The minimum absolute atomic E-state index is 0.0397. The first kappa shape index (κ1) is 12.2. The van der Waals surface area contributed by atoms with Gasteiger partial charge in [0.05, 0.1) is 17.4 Å². The molecule has 2 heterocycles. The van der Waals surface area contributed by atoms with Gasteiger partial charge in [-0.1, -0.05) is 0 Å². The van der Waals surface area contributed by atoms with Crippen LogP contribution in [0.4, 0.5) is 5.82 Å². The number of nitro groups is 1. The summed E-state index contributed by atoms with van der Waals surface area (Å²) in [5.74, 6) is -0.300. The lowest BCUT2D eigenvalue weighted by Gasteiger charge is -2.25. The number of likely N-dealkylation sites (tertiary alicyclic amines) is 1. The van der Waals surface area contributed by atoms with Gasteiger partial charge in [-0.2, -0.15) is 4.68 Å². The maximum absolute atomic E-state index is 11.8. The Morgan fingerprint density at radius 2 is 2.11 bits per heavy atom. The number of aromatic nitrogens is 2. The number of Topliss-reactive ketones (excluding diaryl/α,β-unsaturated/α-hetero) is 1. The molecule has 0 aromatic carbocycles. The topological polar surface area (TPSA) is 98.3 Å². The molecule has 0 N–H and O–H groups in total. The molecular formula is C10H12N4O4. The highest BCUT2D eigenvalue weighted by Crippen LogP contribution is 2.08. The van der Waals surface area contributed by atoms with Crippen LogP contribution in [0, 0.1) is 10.1 Å². The van der Waals surface area contributed by atoms with E-state index in [0.29, 0.717) is 25.9 Å². The van der Waals surface area contributed by atoms with E-state index in [-0.39, 0.29) is 24.1 Å². The van der Waals surface area contributed by atoms with Crippen molar-refractivity contribution in [2.45, 2.75) is 19.4 Å². The maximum atomic E-state index is 11.8. The molecule has 8 nitrogen and oxygen atoms in total. The molecule has 0 radical (unpaired) electrons. The highest BCUT2D eigenvalue weighted by molar-refractivity contribution is 5.83. The fourth-order valence-corrected chi connectivity index (χ4v) is 1.78. The van der Waals surface area contributed by atoms with E-state index in [2.05, 4.69) is 5.10 Å². The number of amides is 1.